The lowest BCUT2D eigenvalue weighted by Crippen LogP contribution is -3.15. The van der Waals surface area contributed by atoms with Crippen LogP contribution in [0.1, 0.15) is 13.8 Å². The van der Waals surface area contributed by atoms with Crippen molar-refractivity contribution in [3.05, 3.63) is 42.0 Å². The summed E-state index contributed by atoms with van der Waals surface area (Å²) in [4.78, 5) is 4.21. The number of piperazine rings is 1. The first-order valence-electron chi connectivity index (χ1n) is 6.55. The molecule has 1 aromatic carbocycles. The van der Waals surface area contributed by atoms with Crippen molar-refractivity contribution in [2.75, 3.05) is 37.6 Å². The Morgan fingerprint density at radius 1 is 1.24 bits per heavy atom. The monoisotopic (exact) mass is 231 g/mol. The van der Waals surface area contributed by atoms with E-state index in [1.807, 2.05) is 0 Å². The largest absolute Gasteiger partial charge is 0.360 e. The highest BCUT2D eigenvalue weighted by molar-refractivity contribution is 5.46. The fourth-order valence-corrected chi connectivity index (χ4v) is 2.39. The second-order valence-electron chi connectivity index (χ2n) is 4.88. The van der Waals surface area contributed by atoms with Crippen LogP contribution in [-0.2, 0) is 0 Å². The van der Waals surface area contributed by atoms with Crippen LogP contribution in [0.4, 0.5) is 5.69 Å². The Hall–Kier alpha value is -1.28. The first kappa shape index (κ1) is 12.2. The van der Waals surface area contributed by atoms with Gasteiger partial charge in [0.2, 0.25) is 0 Å². The van der Waals surface area contributed by atoms with Gasteiger partial charge in [0.1, 0.15) is 0 Å². The Balaban J connectivity index is 1.86. The molecule has 1 fully saturated rings. The molecular formula is C15H23N2+. The van der Waals surface area contributed by atoms with Gasteiger partial charge in [0.15, 0.2) is 0 Å². The van der Waals surface area contributed by atoms with E-state index in [2.05, 4.69) is 55.2 Å². The number of hydrogen-bond acceptors (Lipinski definition) is 1. The summed E-state index contributed by atoms with van der Waals surface area (Å²) in [5.74, 6) is 0. The predicted octanol–water partition coefficient (Wildman–Crippen LogP) is 1.36. The van der Waals surface area contributed by atoms with Crippen LogP contribution >= 0.6 is 0 Å². The maximum absolute atomic E-state index is 2.49. The summed E-state index contributed by atoms with van der Waals surface area (Å²) >= 11 is 0. The van der Waals surface area contributed by atoms with Crippen LogP contribution in [0.25, 0.3) is 0 Å². The third-order valence-electron chi connectivity index (χ3n) is 3.61. The van der Waals surface area contributed by atoms with Crippen molar-refractivity contribution in [1.82, 2.24) is 0 Å². The third kappa shape index (κ3) is 3.34. The molecule has 92 valence electrons. The summed E-state index contributed by atoms with van der Waals surface area (Å²) in [5.41, 5.74) is 2.88. The zero-order valence-electron chi connectivity index (χ0n) is 10.9. The summed E-state index contributed by atoms with van der Waals surface area (Å²) in [6.45, 7) is 10.4. The van der Waals surface area contributed by atoms with Crippen LogP contribution in [0.3, 0.4) is 0 Å². The Morgan fingerprint density at radius 3 is 2.47 bits per heavy atom. The lowest BCUT2D eigenvalue weighted by molar-refractivity contribution is -0.895. The Morgan fingerprint density at radius 2 is 1.88 bits per heavy atom. The summed E-state index contributed by atoms with van der Waals surface area (Å²) in [7, 11) is 0. The molecule has 1 aromatic rings. The number of nitrogens with one attached hydrogen (secondary N) is 1. The van der Waals surface area contributed by atoms with Crippen molar-refractivity contribution in [2.24, 2.45) is 0 Å². The van der Waals surface area contributed by atoms with Gasteiger partial charge in [-0.15, -0.1) is 0 Å². The van der Waals surface area contributed by atoms with E-state index in [1.165, 1.54) is 44.0 Å². The van der Waals surface area contributed by atoms with Crippen molar-refractivity contribution in [3.8, 4) is 0 Å². The minimum Gasteiger partial charge on any atom is -0.360 e. The van der Waals surface area contributed by atoms with Crippen molar-refractivity contribution >= 4 is 5.69 Å². The smallest absolute Gasteiger partial charge is 0.0985 e. The number of para-hydroxylation sites is 1. The number of benzene rings is 1. The van der Waals surface area contributed by atoms with E-state index >= 15 is 0 Å². The van der Waals surface area contributed by atoms with Crippen molar-refractivity contribution in [2.45, 2.75) is 13.8 Å². The average Bonchev–Trinajstić information content (AvgIpc) is 2.40. The van der Waals surface area contributed by atoms with E-state index in [-0.39, 0.29) is 0 Å². The fourth-order valence-electron chi connectivity index (χ4n) is 2.39. The third-order valence-corrected chi connectivity index (χ3v) is 3.61. The molecule has 2 nitrogen and oxygen atoms in total. The van der Waals surface area contributed by atoms with Gasteiger partial charge in [-0.25, -0.2) is 0 Å². The van der Waals surface area contributed by atoms with Gasteiger partial charge in [0, 0.05) is 5.69 Å². The molecule has 2 heteroatoms. The average molecular weight is 231 g/mol. The number of hydrogen-bond donors (Lipinski definition) is 1. The number of allylic oxidation sites excluding steroid dienone is 1. The molecule has 1 aliphatic heterocycles. The Bertz CT molecular complexity index is 362. The molecule has 0 atom stereocenters. The topological polar surface area (TPSA) is 7.68 Å². The van der Waals surface area contributed by atoms with Gasteiger partial charge in [0.05, 0.1) is 32.7 Å². The molecule has 0 aliphatic carbocycles. The second kappa shape index (κ2) is 5.87. The molecule has 0 saturated carbocycles. The maximum atomic E-state index is 2.49. The van der Waals surface area contributed by atoms with Crippen molar-refractivity contribution in [1.29, 1.82) is 0 Å². The molecule has 1 saturated heterocycles. The molecule has 0 radical (unpaired) electrons. The minimum atomic E-state index is 1.18. The number of nitrogens with zero attached hydrogens (tertiary/aromatic N) is 1. The van der Waals surface area contributed by atoms with E-state index in [0.717, 1.165) is 0 Å². The van der Waals surface area contributed by atoms with E-state index < -0.39 is 0 Å². The van der Waals surface area contributed by atoms with Crippen LogP contribution in [0.15, 0.2) is 42.0 Å². The lowest BCUT2D eigenvalue weighted by Gasteiger charge is -2.33. The lowest BCUT2D eigenvalue weighted by atomic mass is 10.2. The van der Waals surface area contributed by atoms with Crippen LogP contribution in [0.5, 0.6) is 0 Å². The van der Waals surface area contributed by atoms with Gasteiger partial charge < -0.3 is 9.80 Å². The van der Waals surface area contributed by atoms with E-state index in [4.69, 9.17) is 0 Å². The maximum Gasteiger partial charge on any atom is 0.0985 e. The van der Waals surface area contributed by atoms with E-state index in [1.54, 1.807) is 4.90 Å². The SMILES string of the molecule is C/C=C(\C)C[NH+]1CCN(c2ccccc2)CC1. The molecule has 0 aromatic heterocycles. The first-order chi connectivity index (χ1) is 8.29. The van der Waals surface area contributed by atoms with Crippen molar-refractivity contribution < 1.29 is 4.90 Å². The van der Waals surface area contributed by atoms with Crippen LogP contribution in [0.2, 0.25) is 0 Å². The zero-order valence-corrected chi connectivity index (χ0v) is 10.9. The highest BCUT2D eigenvalue weighted by atomic mass is 15.3. The van der Waals surface area contributed by atoms with Crippen LogP contribution < -0.4 is 9.80 Å². The van der Waals surface area contributed by atoms with E-state index in [9.17, 15) is 0 Å². The molecule has 0 bridgehead atoms. The van der Waals surface area contributed by atoms with Gasteiger partial charge >= 0.3 is 0 Å². The van der Waals surface area contributed by atoms with Gasteiger partial charge in [-0.05, 0) is 31.6 Å². The summed E-state index contributed by atoms with van der Waals surface area (Å²) < 4.78 is 0. The summed E-state index contributed by atoms with van der Waals surface area (Å²) in [5, 5.41) is 0. The van der Waals surface area contributed by atoms with Crippen LogP contribution in [-0.4, -0.2) is 32.7 Å². The van der Waals surface area contributed by atoms with Crippen molar-refractivity contribution in [3.63, 3.8) is 0 Å². The van der Waals surface area contributed by atoms with Gasteiger partial charge in [0.25, 0.3) is 0 Å². The van der Waals surface area contributed by atoms with Gasteiger partial charge in [-0.2, -0.15) is 0 Å². The predicted molar refractivity (Wildman–Crippen MR) is 73.6 cm³/mol. The highest BCUT2D eigenvalue weighted by Crippen LogP contribution is 2.12. The highest BCUT2D eigenvalue weighted by Gasteiger charge is 2.19. The standard InChI is InChI=1S/C15H22N2/c1-3-14(2)13-16-9-11-17(12-10-16)15-7-5-4-6-8-15/h3-8H,9-13H2,1-2H3/p+1/b14-3+. The number of anilines is 1. The van der Waals surface area contributed by atoms with Gasteiger partial charge in [-0.1, -0.05) is 24.3 Å². The normalized spacial score (nSPS) is 18.5. The fraction of sp³-hybridized carbons (Fsp3) is 0.467. The molecule has 1 heterocycles. The number of rotatable bonds is 3. The number of quaternary nitrogens is 1. The Kier molecular flexibility index (Phi) is 4.21. The molecule has 0 unspecified atom stereocenters. The molecular weight excluding hydrogens is 208 g/mol. The van der Waals surface area contributed by atoms with Gasteiger partial charge in [-0.3, -0.25) is 0 Å². The zero-order chi connectivity index (χ0) is 12.1. The van der Waals surface area contributed by atoms with E-state index in [0.29, 0.717) is 0 Å². The first-order valence-corrected chi connectivity index (χ1v) is 6.55. The molecule has 1 N–H and O–H groups in total. The molecule has 17 heavy (non-hydrogen) atoms. The minimum absolute atomic E-state index is 1.18. The second-order valence-corrected chi connectivity index (χ2v) is 4.88. The molecule has 1 aliphatic rings. The summed E-state index contributed by atoms with van der Waals surface area (Å²) in [6.07, 6.45) is 2.23. The molecule has 2 rings (SSSR count). The molecule has 0 spiro atoms. The Labute approximate surface area is 105 Å². The molecule has 0 amide bonds. The summed E-state index contributed by atoms with van der Waals surface area (Å²) in [6, 6.07) is 10.8. The van der Waals surface area contributed by atoms with Crippen LogP contribution in [0, 0.1) is 0 Å². The quantitative estimate of drug-likeness (QED) is 0.772.